The second-order valence-electron chi connectivity index (χ2n) is 12.3. The second kappa shape index (κ2) is 11.0. The fourth-order valence-electron chi connectivity index (χ4n) is 7.12. The molecule has 7 nitrogen and oxygen atoms in total. The summed E-state index contributed by atoms with van der Waals surface area (Å²) >= 11 is 1.66. The van der Waals surface area contributed by atoms with Crippen molar-refractivity contribution in [1.29, 1.82) is 0 Å². The van der Waals surface area contributed by atoms with Crippen LogP contribution in [-0.2, 0) is 9.45 Å². The van der Waals surface area contributed by atoms with Crippen LogP contribution >= 0.6 is 11.8 Å². The Hall–Kier alpha value is -1.61. The Balaban J connectivity index is 1.47. The highest BCUT2D eigenvalue weighted by molar-refractivity contribution is 7.98. The molecule has 4 unspecified atom stereocenters. The molecule has 9 heteroatoms. The maximum absolute atomic E-state index is 13.6. The Morgan fingerprint density at radius 2 is 1.97 bits per heavy atom. The van der Waals surface area contributed by atoms with Gasteiger partial charge in [-0.25, -0.2) is 4.98 Å². The fourth-order valence-corrected chi connectivity index (χ4v) is 7.59. The van der Waals surface area contributed by atoms with Crippen molar-refractivity contribution in [2.24, 2.45) is 29.1 Å². The van der Waals surface area contributed by atoms with E-state index in [0.717, 1.165) is 30.8 Å². The minimum atomic E-state index is -0.630. The molecule has 36 heavy (non-hydrogen) atoms. The Morgan fingerprint density at radius 3 is 2.61 bits per heavy atom. The summed E-state index contributed by atoms with van der Waals surface area (Å²) < 4.78 is 7.01. The molecule has 4 fully saturated rings. The zero-order chi connectivity index (χ0) is 26.1. The van der Waals surface area contributed by atoms with Crippen LogP contribution in [0.15, 0.2) is 18.6 Å². The number of nitrogens with zero attached hydrogens (tertiary/aromatic N) is 2. The van der Waals surface area contributed by atoms with Gasteiger partial charge in [-0.3, -0.25) is 14.6 Å². The predicted octanol–water partition coefficient (Wildman–Crippen LogP) is 4.25. The van der Waals surface area contributed by atoms with Gasteiger partial charge in [-0.2, -0.15) is 11.8 Å². The lowest BCUT2D eigenvalue weighted by atomic mass is 9.38. The van der Waals surface area contributed by atoms with E-state index in [1.54, 1.807) is 11.8 Å². The molecule has 1 aromatic rings. The third-order valence-electron chi connectivity index (χ3n) is 9.28. The van der Waals surface area contributed by atoms with Gasteiger partial charge in [0.1, 0.15) is 11.7 Å². The molecule has 3 saturated carbocycles. The average molecular weight is 515 g/mol. The van der Waals surface area contributed by atoms with Gasteiger partial charge in [-0.1, -0.05) is 34.1 Å². The molecule has 2 heterocycles. The minimum Gasteiger partial charge on any atom is -0.428 e. The molecule has 2 bridgehead atoms. The van der Waals surface area contributed by atoms with Crippen molar-refractivity contribution in [3.63, 3.8) is 0 Å². The van der Waals surface area contributed by atoms with Crippen molar-refractivity contribution in [3.05, 3.63) is 24.3 Å². The van der Waals surface area contributed by atoms with Gasteiger partial charge in [0, 0.05) is 18.3 Å². The Bertz CT molecular complexity index is 933. The molecule has 3 aliphatic carbocycles. The first kappa shape index (κ1) is 27.4. The van der Waals surface area contributed by atoms with E-state index in [2.05, 4.69) is 55.2 Å². The predicted molar refractivity (Wildman–Crippen MR) is 146 cm³/mol. The van der Waals surface area contributed by atoms with E-state index < -0.39 is 6.04 Å². The number of amides is 2. The normalized spacial score (nSPS) is 30.1. The molecule has 1 aliphatic heterocycles. The average Bonchev–Trinajstić information content (AvgIpc) is 2.84. The molecule has 1 aromatic heterocycles. The summed E-state index contributed by atoms with van der Waals surface area (Å²) in [7, 11) is 0. The van der Waals surface area contributed by atoms with Gasteiger partial charge in [-0.15, -0.1) is 0 Å². The number of nitrogens with one attached hydrogen (secondary N) is 2. The van der Waals surface area contributed by atoms with E-state index in [1.807, 2.05) is 6.26 Å². The maximum atomic E-state index is 13.6. The first-order valence-electron chi connectivity index (χ1n) is 13.6. The summed E-state index contributed by atoms with van der Waals surface area (Å²) in [6.07, 6.45) is 12.5. The summed E-state index contributed by atoms with van der Waals surface area (Å²) in [5, 5.41) is 6.22. The van der Waals surface area contributed by atoms with Crippen LogP contribution in [0, 0.1) is 29.1 Å². The summed E-state index contributed by atoms with van der Waals surface area (Å²) in [5.74, 6) is 2.59. The van der Waals surface area contributed by atoms with Gasteiger partial charge in [0.2, 0.25) is 5.91 Å². The number of carbonyl (C=O) groups excluding carboxylic acids is 2. The number of hydrogen-bond acceptors (Lipinski definition) is 6. The molecule has 4 aliphatic rings. The lowest BCUT2D eigenvalue weighted by molar-refractivity contribution is -0.221. The van der Waals surface area contributed by atoms with Crippen LogP contribution in [0.1, 0.15) is 77.2 Å². The van der Waals surface area contributed by atoms with E-state index in [9.17, 15) is 9.59 Å². The third-order valence-corrected chi connectivity index (χ3v) is 9.92. The zero-order valence-electron chi connectivity index (χ0n) is 22.8. The van der Waals surface area contributed by atoms with Crippen molar-refractivity contribution < 1.29 is 14.2 Å². The van der Waals surface area contributed by atoms with E-state index in [-0.39, 0.29) is 36.0 Å². The number of aromatic nitrogens is 2. The van der Waals surface area contributed by atoms with E-state index in [4.69, 9.17) is 4.65 Å². The van der Waals surface area contributed by atoms with Crippen LogP contribution in [0.25, 0.3) is 0 Å². The van der Waals surface area contributed by atoms with Crippen LogP contribution in [0.2, 0.25) is 6.32 Å². The Morgan fingerprint density at radius 1 is 1.19 bits per heavy atom. The van der Waals surface area contributed by atoms with Gasteiger partial charge in [0.05, 0.1) is 11.8 Å². The van der Waals surface area contributed by atoms with Gasteiger partial charge in [-0.05, 0) is 80.0 Å². The summed E-state index contributed by atoms with van der Waals surface area (Å²) in [6, 6.07) is -0.630. The number of thioether (sulfide) groups is 1. The first-order valence-corrected chi connectivity index (χ1v) is 15.0. The molecular formula is C27H43BN4O3S. The lowest BCUT2D eigenvalue weighted by Crippen LogP contribution is -2.69. The van der Waals surface area contributed by atoms with Crippen LogP contribution in [0.5, 0.6) is 0 Å². The molecule has 0 radical (unpaired) electrons. The largest absolute Gasteiger partial charge is 0.428 e. The quantitative estimate of drug-likeness (QED) is 0.454. The van der Waals surface area contributed by atoms with E-state index in [1.165, 1.54) is 31.4 Å². The molecule has 2 N–H and O–H groups in total. The second-order valence-corrected chi connectivity index (χ2v) is 13.3. The zero-order valence-corrected chi connectivity index (χ0v) is 23.6. The summed E-state index contributed by atoms with van der Waals surface area (Å²) in [6.45, 7) is 11.5. The third kappa shape index (κ3) is 5.47. The summed E-state index contributed by atoms with van der Waals surface area (Å²) in [4.78, 5) is 34.4. The standard InChI is InChI=1S/C27H43BN4O3S/c1-17(2)13-23(28-9-7-18-14-19-15-22(26(19,3)4)27(18,5)35-28)32-24(33)20(8-12-36-6)31-25(34)21-16-29-10-11-30-21/h10-11,16-20,22-23H,7-9,12-15H2,1-6H3,(H,31,34)(H,32,33)/t18?,19?,20-,22?,23?,27-/m0/s1. The molecule has 198 valence electrons. The molecule has 5 rings (SSSR count). The molecule has 1 saturated heterocycles. The van der Waals surface area contributed by atoms with E-state index >= 15 is 0 Å². The number of hydrogen-bond donors (Lipinski definition) is 2. The van der Waals surface area contributed by atoms with Gasteiger partial charge in [0.25, 0.3) is 5.91 Å². The minimum absolute atomic E-state index is 0.0116. The van der Waals surface area contributed by atoms with Crippen LogP contribution in [-0.4, -0.2) is 58.3 Å². The van der Waals surface area contributed by atoms with E-state index in [0.29, 0.717) is 29.6 Å². The molecule has 0 aromatic carbocycles. The van der Waals surface area contributed by atoms with Crippen LogP contribution in [0.4, 0.5) is 0 Å². The topological polar surface area (TPSA) is 93.2 Å². The molecule has 2 amide bonds. The monoisotopic (exact) mass is 514 g/mol. The Labute approximate surface area is 221 Å². The van der Waals surface area contributed by atoms with Crippen molar-refractivity contribution >= 4 is 30.5 Å². The highest BCUT2D eigenvalue weighted by atomic mass is 32.2. The van der Waals surface area contributed by atoms with Crippen molar-refractivity contribution in [3.8, 4) is 0 Å². The van der Waals surface area contributed by atoms with Crippen LogP contribution < -0.4 is 10.6 Å². The first-order chi connectivity index (χ1) is 17.1. The SMILES string of the molecule is CSCC[C@H](NC(=O)c1cnccn1)C(=O)NC(CC(C)C)B1CCC2CC3CC(C3(C)C)[C@@]2(C)O1. The number of rotatable bonds is 10. The van der Waals surface area contributed by atoms with Gasteiger partial charge >= 0.3 is 6.92 Å². The van der Waals surface area contributed by atoms with Crippen molar-refractivity contribution in [2.75, 3.05) is 12.0 Å². The Kier molecular flexibility index (Phi) is 8.40. The highest BCUT2D eigenvalue weighted by Gasteiger charge is 2.65. The van der Waals surface area contributed by atoms with Crippen LogP contribution in [0.3, 0.4) is 0 Å². The maximum Gasteiger partial charge on any atom is 0.316 e. The summed E-state index contributed by atoms with van der Waals surface area (Å²) in [5.41, 5.74) is 0.420. The fraction of sp³-hybridized carbons (Fsp3) is 0.778. The van der Waals surface area contributed by atoms with Crippen molar-refractivity contribution in [1.82, 2.24) is 20.6 Å². The highest BCUT2D eigenvalue weighted by Crippen LogP contribution is 2.67. The number of carbonyl (C=O) groups is 2. The van der Waals surface area contributed by atoms with Gasteiger partial charge in [0.15, 0.2) is 0 Å². The lowest BCUT2D eigenvalue weighted by Gasteiger charge is -2.69. The smallest absolute Gasteiger partial charge is 0.316 e. The molecular weight excluding hydrogens is 471 g/mol. The molecule has 6 atom stereocenters. The van der Waals surface area contributed by atoms with Crippen molar-refractivity contribution in [2.45, 2.75) is 90.6 Å². The molecule has 0 spiro atoms. The van der Waals surface area contributed by atoms with Gasteiger partial charge < -0.3 is 15.3 Å².